The van der Waals surface area contributed by atoms with Gasteiger partial charge in [-0.2, -0.15) is 0 Å². The summed E-state index contributed by atoms with van der Waals surface area (Å²) in [4.78, 5) is 2.52. The lowest BCUT2D eigenvalue weighted by Gasteiger charge is -2.28. The van der Waals surface area contributed by atoms with Gasteiger partial charge in [-0.15, -0.1) is 0 Å². The van der Waals surface area contributed by atoms with Crippen LogP contribution in [0.2, 0.25) is 0 Å². The highest BCUT2D eigenvalue weighted by Gasteiger charge is 2.44. The molecule has 1 aromatic carbocycles. The molecule has 1 aliphatic carbocycles. The van der Waals surface area contributed by atoms with E-state index >= 15 is 0 Å². The van der Waals surface area contributed by atoms with Gasteiger partial charge in [-0.1, -0.05) is 12.1 Å². The van der Waals surface area contributed by atoms with E-state index < -0.39 is 0 Å². The maximum absolute atomic E-state index is 6.00. The fourth-order valence-corrected chi connectivity index (χ4v) is 2.71. The molecule has 1 aromatic rings. The number of hydrogen-bond donors (Lipinski definition) is 0. The van der Waals surface area contributed by atoms with Crippen molar-refractivity contribution in [3.63, 3.8) is 0 Å². The van der Waals surface area contributed by atoms with E-state index in [1.54, 1.807) is 0 Å². The fraction of sp³-hybridized carbons (Fsp3) is 0.538. The number of para-hydroxylation sites is 2. The predicted octanol–water partition coefficient (Wildman–Crippen LogP) is 1.67. The van der Waals surface area contributed by atoms with Gasteiger partial charge < -0.3 is 9.47 Å². The Balaban J connectivity index is 1.59. The monoisotopic (exact) mass is 217 g/mol. The van der Waals surface area contributed by atoms with E-state index in [1.165, 1.54) is 12.8 Å². The molecule has 4 rings (SSSR count). The van der Waals surface area contributed by atoms with Crippen LogP contribution in [0, 0.1) is 0 Å². The molecule has 0 amide bonds. The second-order valence-electron chi connectivity index (χ2n) is 4.94. The highest BCUT2D eigenvalue weighted by Crippen LogP contribution is 2.38. The van der Waals surface area contributed by atoms with Crippen LogP contribution in [0.15, 0.2) is 24.3 Å². The summed E-state index contributed by atoms with van der Waals surface area (Å²) in [6, 6.07) is 8.78. The number of hydrogen-bond acceptors (Lipinski definition) is 3. The van der Waals surface area contributed by atoms with Gasteiger partial charge in [0.2, 0.25) is 0 Å². The zero-order valence-electron chi connectivity index (χ0n) is 9.13. The molecule has 2 heterocycles. The van der Waals surface area contributed by atoms with Crippen LogP contribution in [-0.4, -0.2) is 36.2 Å². The van der Waals surface area contributed by atoms with Crippen LogP contribution >= 0.6 is 0 Å². The molecule has 84 valence electrons. The van der Waals surface area contributed by atoms with Crippen LogP contribution in [0.1, 0.15) is 12.8 Å². The van der Waals surface area contributed by atoms with E-state index in [0.717, 1.165) is 30.6 Å². The van der Waals surface area contributed by atoms with Crippen LogP contribution < -0.4 is 9.47 Å². The quantitative estimate of drug-likeness (QED) is 0.714. The standard InChI is InChI=1S/C13H15NO2/c1-2-4-11-10(3-1)15-12-7-14(9-5-6-9)8-13(12)16-11/h1-4,9,12-13H,5-8H2/t12-,13-/m0/s1. The molecule has 0 radical (unpaired) electrons. The summed E-state index contributed by atoms with van der Waals surface area (Å²) in [7, 11) is 0. The fourth-order valence-electron chi connectivity index (χ4n) is 2.71. The molecule has 2 aliphatic heterocycles. The van der Waals surface area contributed by atoms with Crippen LogP contribution in [-0.2, 0) is 0 Å². The number of rotatable bonds is 1. The van der Waals surface area contributed by atoms with Crippen molar-refractivity contribution < 1.29 is 9.47 Å². The second kappa shape index (κ2) is 3.14. The Morgan fingerprint density at radius 2 is 1.50 bits per heavy atom. The van der Waals surface area contributed by atoms with E-state index in [-0.39, 0.29) is 12.2 Å². The smallest absolute Gasteiger partial charge is 0.161 e. The second-order valence-corrected chi connectivity index (χ2v) is 4.94. The third-order valence-corrected chi connectivity index (χ3v) is 3.71. The summed E-state index contributed by atoms with van der Waals surface area (Å²) in [5.41, 5.74) is 0. The molecule has 1 saturated carbocycles. The Kier molecular flexibility index (Phi) is 1.74. The minimum atomic E-state index is 0.232. The van der Waals surface area contributed by atoms with Crippen molar-refractivity contribution in [2.24, 2.45) is 0 Å². The molecule has 0 N–H and O–H groups in total. The van der Waals surface area contributed by atoms with Crippen LogP contribution in [0.3, 0.4) is 0 Å². The molecule has 1 saturated heterocycles. The highest BCUT2D eigenvalue weighted by molar-refractivity contribution is 5.41. The van der Waals surface area contributed by atoms with Gasteiger partial charge in [-0.25, -0.2) is 0 Å². The number of nitrogens with zero attached hydrogens (tertiary/aromatic N) is 1. The lowest BCUT2D eigenvalue weighted by Crippen LogP contribution is -2.38. The summed E-state index contributed by atoms with van der Waals surface area (Å²) in [5, 5.41) is 0. The first kappa shape index (κ1) is 8.88. The van der Waals surface area contributed by atoms with Crippen molar-refractivity contribution in [2.45, 2.75) is 31.1 Å². The molecule has 3 heteroatoms. The van der Waals surface area contributed by atoms with Crippen molar-refractivity contribution in [3.05, 3.63) is 24.3 Å². The molecular formula is C13H15NO2. The zero-order valence-corrected chi connectivity index (χ0v) is 9.13. The van der Waals surface area contributed by atoms with Crippen molar-refractivity contribution in [3.8, 4) is 11.5 Å². The molecular weight excluding hydrogens is 202 g/mol. The number of fused-ring (bicyclic) bond motifs is 2. The zero-order chi connectivity index (χ0) is 10.5. The first-order chi connectivity index (χ1) is 7.90. The normalized spacial score (nSPS) is 32.5. The van der Waals surface area contributed by atoms with Gasteiger partial charge in [0, 0.05) is 19.1 Å². The van der Waals surface area contributed by atoms with Crippen molar-refractivity contribution in [2.75, 3.05) is 13.1 Å². The lowest BCUT2D eigenvalue weighted by atomic mass is 10.2. The summed E-state index contributed by atoms with van der Waals surface area (Å²) in [6.45, 7) is 2.06. The number of ether oxygens (including phenoxy) is 2. The summed E-state index contributed by atoms with van der Waals surface area (Å²) >= 11 is 0. The van der Waals surface area contributed by atoms with E-state index in [4.69, 9.17) is 9.47 Å². The van der Waals surface area contributed by atoms with Gasteiger partial charge in [-0.3, -0.25) is 4.90 Å². The minimum Gasteiger partial charge on any atom is -0.481 e. The molecule has 0 unspecified atom stereocenters. The summed E-state index contributed by atoms with van der Waals surface area (Å²) < 4.78 is 12.0. The first-order valence-corrected chi connectivity index (χ1v) is 6.06. The van der Waals surface area contributed by atoms with Gasteiger partial charge >= 0.3 is 0 Å². The minimum absolute atomic E-state index is 0.232. The molecule has 0 spiro atoms. The summed E-state index contributed by atoms with van der Waals surface area (Å²) in [6.07, 6.45) is 3.17. The van der Waals surface area contributed by atoms with Crippen LogP contribution in [0.25, 0.3) is 0 Å². The van der Waals surface area contributed by atoms with Crippen molar-refractivity contribution in [1.82, 2.24) is 4.90 Å². The number of benzene rings is 1. The van der Waals surface area contributed by atoms with Crippen LogP contribution in [0.5, 0.6) is 11.5 Å². The average Bonchev–Trinajstić information content (AvgIpc) is 3.07. The molecule has 0 aromatic heterocycles. The van der Waals surface area contributed by atoms with Gasteiger partial charge in [0.05, 0.1) is 0 Å². The van der Waals surface area contributed by atoms with Gasteiger partial charge in [-0.05, 0) is 25.0 Å². The summed E-state index contributed by atoms with van der Waals surface area (Å²) in [5.74, 6) is 1.81. The maximum Gasteiger partial charge on any atom is 0.161 e. The average molecular weight is 217 g/mol. The predicted molar refractivity (Wildman–Crippen MR) is 59.9 cm³/mol. The topological polar surface area (TPSA) is 21.7 Å². The molecule has 3 aliphatic rings. The first-order valence-electron chi connectivity index (χ1n) is 6.06. The van der Waals surface area contributed by atoms with Crippen molar-refractivity contribution >= 4 is 0 Å². The number of likely N-dealkylation sites (tertiary alicyclic amines) is 1. The maximum atomic E-state index is 6.00. The molecule has 2 fully saturated rings. The molecule has 3 nitrogen and oxygen atoms in total. The van der Waals surface area contributed by atoms with Gasteiger partial charge in [0.25, 0.3) is 0 Å². The van der Waals surface area contributed by atoms with Crippen LogP contribution in [0.4, 0.5) is 0 Å². The largest absolute Gasteiger partial charge is 0.481 e. The van der Waals surface area contributed by atoms with Gasteiger partial charge in [0.15, 0.2) is 11.5 Å². The Morgan fingerprint density at radius 1 is 0.938 bits per heavy atom. The Labute approximate surface area is 95.0 Å². The van der Waals surface area contributed by atoms with E-state index in [2.05, 4.69) is 4.90 Å². The third kappa shape index (κ3) is 1.31. The Hall–Kier alpha value is -1.22. The van der Waals surface area contributed by atoms with E-state index in [0.29, 0.717) is 0 Å². The molecule has 0 bridgehead atoms. The SMILES string of the molecule is c1ccc2c(c1)O[C@H]1CN(C3CC3)C[C@@H]1O2. The van der Waals surface area contributed by atoms with E-state index in [9.17, 15) is 0 Å². The molecule has 16 heavy (non-hydrogen) atoms. The Morgan fingerprint density at radius 3 is 2.00 bits per heavy atom. The highest BCUT2D eigenvalue weighted by atomic mass is 16.6. The van der Waals surface area contributed by atoms with Crippen molar-refractivity contribution in [1.29, 1.82) is 0 Å². The lowest BCUT2D eigenvalue weighted by molar-refractivity contribution is 0.0552. The Bertz CT molecular complexity index is 383. The molecule has 2 atom stereocenters. The van der Waals surface area contributed by atoms with Gasteiger partial charge in [0.1, 0.15) is 12.2 Å². The third-order valence-electron chi connectivity index (χ3n) is 3.71. The van der Waals surface area contributed by atoms with E-state index in [1.807, 2.05) is 24.3 Å².